The number of likely N-dealkylation sites (N-methyl/N-ethyl adjacent to an activating group) is 1. The van der Waals surface area contributed by atoms with Crippen LogP contribution in [0.2, 0.25) is 0 Å². The van der Waals surface area contributed by atoms with E-state index in [-0.39, 0.29) is 66.4 Å². The van der Waals surface area contributed by atoms with Crippen LogP contribution in [-0.4, -0.2) is 144 Å². The number of carbonyl (C=O) groups is 2. The molecule has 5 fully saturated rings. The molecule has 14 nitrogen and oxygen atoms in total. The molecule has 14 heteroatoms. The number of ketones is 1. The number of hydrogen-bond acceptors (Lipinski definition) is 14. The van der Waals surface area contributed by atoms with E-state index in [9.17, 15) is 9.90 Å². The number of carbonyl (C=O) groups excluding carboxylic acids is 2. The number of fused-ring (bicyclic) bond motifs is 5. The first kappa shape index (κ1) is 47.3. The Morgan fingerprint density at radius 1 is 0.871 bits per heavy atom. The van der Waals surface area contributed by atoms with Crippen molar-refractivity contribution in [2.45, 2.75) is 165 Å². The van der Waals surface area contributed by atoms with Crippen molar-refractivity contribution < 1.29 is 57.3 Å². The average molecular weight is 871 g/mol. The van der Waals surface area contributed by atoms with Crippen LogP contribution in [0.3, 0.4) is 0 Å². The molecule has 19 atom stereocenters. The Hall–Kier alpha value is -2.66. The van der Waals surface area contributed by atoms with E-state index in [4.69, 9.17) is 42.6 Å². The molecule has 0 amide bonds. The molecule has 0 spiro atoms. The van der Waals surface area contributed by atoms with Crippen LogP contribution in [0.15, 0.2) is 35.9 Å². The standard InChI is InChI=1S/C48H74N2O12/c1-11-29-15-13-17-38(62-40-19-18-37(50(5)6)26(3)58-40)25(2)43(52)36-23-33-32-21-31(61-48-47(57-10)46(56-9)45(55-8)27(4)59-48)22-35(32)42(49-28-14-12-16-30(20-28)54-7)44(53)41(33)34(36)24-39(51)60-29/h12,14,16,20,23,25-27,29,31-35,37-38,40-42,44-49,53H,11,13,15,17-19,21-22,24H2,1-10H3/t25-,26?,27?,29+,31+,32+,33+,34-,35-,37+,38+,40+,41-,42+,44+,45+,46?,47?,48+/m1/s1. The van der Waals surface area contributed by atoms with Gasteiger partial charge in [0, 0.05) is 56.9 Å². The summed E-state index contributed by atoms with van der Waals surface area (Å²) in [6, 6.07) is 7.57. The number of nitrogens with zero attached hydrogens (tertiary/aromatic N) is 1. The highest BCUT2D eigenvalue weighted by Crippen LogP contribution is 2.57. The molecule has 3 saturated heterocycles. The molecule has 0 aromatic heterocycles. The predicted octanol–water partition coefficient (Wildman–Crippen LogP) is 5.78. The maximum Gasteiger partial charge on any atom is 0.306 e. The second kappa shape index (κ2) is 20.7. The van der Waals surface area contributed by atoms with Gasteiger partial charge in [-0.3, -0.25) is 9.59 Å². The van der Waals surface area contributed by atoms with E-state index in [1.165, 1.54) is 0 Å². The van der Waals surface area contributed by atoms with Crippen LogP contribution in [0.4, 0.5) is 5.69 Å². The first-order valence-corrected chi connectivity index (χ1v) is 23.2. The normalized spacial score (nSPS) is 42.8. The minimum atomic E-state index is -0.914. The van der Waals surface area contributed by atoms with Gasteiger partial charge in [0.05, 0.1) is 50.1 Å². The smallest absolute Gasteiger partial charge is 0.306 e. The number of benzene rings is 1. The molecule has 4 unspecified atom stereocenters. The Morgan fingerprint density at radius 2 is 1.61 bits per heavy atom. The van der Waals surface area contributed by atoms with Crippen LogP contribution in [0.25, 0.3) is 0 Å². The number of esters is 1. The Bertz CT molecular complexity index is 1690. The molecule has 7 rings (SSSR count). The summed E-state index contributed by atoms with van der Waals surface area (Å²) >= 11 is 0. The third kappa shape index (κ3) is 9.79. The van der Waals surface area contributed by atoms with Crippen molar-refractivity contribution in [3.63, 3.8) is 0 Å². The van der Waals surface area contributed by atoms with Crippen molar-refractivity contribution in [1.29, 1.82) is 0 Å². The number of nitrogens with one attached hydrogen (secondary N) is 1. The topological polar surface area (TPSA) is 153 Å². The molecular formula is C48H74N2O12. The molecule has 348 valence electrons. The summed E-state index contributed by atoms with van der Waals surface area (Å²) in [5.74, 6) is -1.39. The first-order valence-electron chi connectivity index (χ1n) is 23.2. The lowest BCUT2D eigenvalue weighted by Gasteiger charge is -2.47. The molecule has 0 bridgehead atoms. The van der Waals surface area contributed by atoms with E-state index in [1.807, 2.05) is 45.0 Å². The van der Waals surface area contributed by atoms with E-state index < -0.39 is 60.8 Å². The fraction of sp³-hybridized carbons (Fsp3) is 0.792. The number of hydrogen-bond donors (Lipinski definition) is 2. The summed E-state index contributed by atoms with van der Waals surface area (Å²) in [5.41, 5.74) is 1.40. The van der Waals surface area contributed by atoms with Gasteiger partial charge in [-0.1, -0.05) is 26.0 Å². The summed E-state index contributed by atoms with van der Waals surface area (Å²) in [6.07, 6.45) is 3.25. The third-order valence-corrected chi connectivity index (χ3v) is 15.3. The Morgan fingerprint density at radius 3 is 2.29 bits per heavy atom. The second-order valence-corrected chi connectivity index (χ2v) is 19.0. The van der Waals surface area contributed by atoms with Crippen molar-refractivity contribution in [3.05, 3.63) is 35.9 Å². The molecule has 2 N–H and O–H groups in total. The largest absolute Gasteiger partial charge is 0.497 e. The predicted molar refractivity (Wildman–Crippen MR) is 232 cm³/mol. The number of Topliss-reactive ketones (excluding diaryl/α,β-unsaturated/α-hetero) is 1. The summed E-state index contributed by atoms with van der Waals surface area (Å²) in [7, 11) is 10.7. The van der Waals surface area contributed by atoms with Gasteiger partial charge in [0.15, 0.2) is 18.4 Å². The van der Waals surface area contributed by atoms with Crippen molar-refractivity contribution in [1.82, 2.24) is 4.90 Å². The van der Waals surface area contributed by atoms with Crippen molar-refractivity contribution in [3.8, 4) is 5.75 Å². The molecule has 3 aliphatic carbocycles. The van der Waals surface area contributed by atoms with Crippen LogP contribution < -0.4 is 10.1 Å². The molecular weight excluding hydrogens is 797 g/mol. The van der Waals surface area contributed by atoms with Crippen molar-refractivity contribution >= 4 is 17.4 Å². The van der Waals surface area contributed by atoms with E-state index >= 15 is 4.79 Å². The fourth-order valence-corrected chi connectivity index (χ4v) is 12.1. The molecule has 0 radical (unpaired) electrons. The monoisotopic (exact) mass is 871 g/mol. The number of cyclic esters (lactones) is 1. The number of methoxy groups -OCH3 is 4. The van der Waals surface area contributed by atoms with E-state index in [0.717, 1.165) is 24.9 Å². The van der Waals surface area contributed by atoms with E-state index in [1.54, 1.807) is 28.4 Å². The molecule has 3 aliphatic heterocycles. The van der Waals surface area contributed by atoms with Gasteiger partial charge in [0.25, 0.3) is 0 Å². The fourth-order valence-electron chi connectivity index (χ4n) is 12.1. The summed E-state index contributed by atoms with van der Waals surface area (Å²) in [4.78, 5) is 31.3. The van der Waals surface area contributed by atoms with Crippen LogP contribution in [0, 0.1) is 35.5 Å². The van der Waals surface area contributed by atoms with Gasteiger partial charge >= 0.3 is 5.97 Å². The van der Waals surface area contributed by atoms with Gasteiger partial charge in [0.1, 0.15) is 30.2 Å². The molecule has 62 heavy (non-hydrogen) atoms. The zero-order chi connectivity index (χ0) is 44.4. The number of anilines is 1. The van der Waals surface area contributed by atoms with Gasteiger partial charge in [-0.05, 0) is 115 Å². The molecule has 1 aromatic rings. The highest BCUT2D eigenvalue weighted by Gasteiger charge is 2.60. The summed E-state index contributed by atoms with van der Waals surface area (Å²) in [6.45, 7) is 8.04. The van der Waals surface area contributed by atoms with Crippen molar-refractivity contribution in [2.75, 3.05) is 47.9 Å². The number of aliphatic hydroxyl groups excluding tert-OH is 1. The lowest BCUT2D eigenvalue weighted by molar-refractivity contribution is -0.314. The number of ether oxygens (including phenoxy) is 9. The summed E-state index contributed by atoms with van der Waals surface area (Å²) in [5, 5.41) is 16.5. The van der Waals surface area contributed by atoms with Crippen LogP contribution in [-0.2, 0) is 47.5 Å². The van der Waals surface area contributed by atoms with Gasteiger partial charge in [-0.15, -0.1) is 0 Å². The lowest BCUT2D eigenvalue weighted by Crippen LogP contribution is -2.59. The zero-order valence-electron chi connectivity index (χ0n) is 38.6. The van der Waals surface area contributed by atoms with E-state index in [0.29, 0.717) is 49.5 Å². The molecule has 3 heterocycles. The van der Waals surface area contributed by atoms with Crippen LogP contribution >= 0.6 is 0 Å². The maximum atomic E-state index is 15.1. The number of aliphatic hydroxyl groups is 1. The Balaban J connectivity index is 1.21. The molecule has 6 aliphatic rings. The Labute approximate surface area is 368 Å². The SMILES string of the molecule is CC[C@H]1CCC[C@H](O[C@H]2CC[C@H](N(C)C)C(C)O2)[C@@H](C)C(=O)C2=C[C@H]3[C@@H]4C[C@H](O[C@@H]5OC(C)[C@H](OC)C(OC)C5OC)C[C@H]4[C@H](Nc4cccc(OC)c4)[C@@H](O)[C@H]3[C@@H]2CC(=O)O1. The van der Waals surface area contributed by atoms with Gasteiger partial charge < -0.3 is 58.0 Å². The van der Waals surface area contributed by atoms with Crippen molar-refractivity contribution in [2.24, 2.45) is 35.5 Å². The number of rotatable bonds is 12. The highest BCUT2D eigenvalue weighted by atomic mass is 16.7. The third-order valence-electron chi connectivity index (χ3n) is 15.3. The quantitative estimate of drug-likeness (QED) is 0.244. The zero-order valence-corrected chi connectivity index (χ0v) is 38.6. The minimum absolute atomic E-state index is 0.00527. The van der Waals surface area contributed by atoms with Crippen LogP contribution in [0.1, 0.15) is 85.5 Å². The summed E-state index contributed by atoms with van der Waals surface area (Å²) < 4.78 is 55.8. The molecule has 1 aromatic carbocycles. The number of allylic oxidation sites excluding steroid dienone is 2. The minimum Gasteiger partial charge on any atom is -0.497 e. The lowest BCUT2D eigenvalue weighted by atomic mass is 9.62. The first-order chi connectivity index (χ1) is 29.8. The van der Waals surface area contributed by atoms with Gasteiger partial charge in [-0.2, -0.15) is 0 Å². The molecule has 2 saturated carbocycles. The maximum absolute atomic E-state index is 15.1. The highest BCUT2D eigenvalue weighted by molar-refractivity contribution is 5.99. The van der Waals surface area contributed by atoms with Crippen LogP contribution in [0.5, 0.6) is 5.75 Å². The average Bonchev–Trinajstić information content (AvgIpc) is 3.84. The second-order valence-electron chi connectivity index (χ2n) is 19.0. The van der Waals surface area contributed by atoms with Gasteiger partial charge in [0.2, 0.25) is 0 Å². The van der Waals surface area contributed by atoms with Gasteiger partial charge in [-0.25, -0.2) is 0 Å². The van der Waals surface area contributed by atoms with E-state index in [2.05, 4.69) is 37.3 Å². The Kier molecular flexibility index (Phi) is 15.8.